The molecule has 0 aliphatic rings. The van der Waals surface area contributed by atoms with Crippen LogP contribution in [0.15, 0.2) is 35.5 Å². The van der Waals surface area contributed by atoms with Crippen molar-refractivity contribution in [2.24, 2.45) is 0 Å². The van der Waals surface area contributed by atoms with Crippen LogP contribution in [-0.2, 0) is 10.0 Å². The van der Waals surface area contributed by atoms with Crippen LogP contribution in [0.25, 0.3) is 0 Å². The van der Waals surface area contributed by atoms with Gasteiger partial charge in [-0.15, -0.1) is 0 Å². The molecule has 0 atom stereocenters. The number of carboxylic acids is 1. The highest BCUT2D eigenvalue weighted by Crippen LogP contribution is 2.25. The molecule has 0 aliphatic heterocycles. The molecule has 1 aromatic heterocycles. The van der Waals surface area contributed by atoms with E-state index >= 15 is 0 Å². The zero-order valence-corrected chi connectivity index (χ0v) is 10.9. The van der Waals surface area contributed by atoms with Crippen LogP contribution in [0, 0.1) is 0 Å². The van der Waals surface area contributed by atoms with Gasteiger partial charge in [-0.2, -0.15) is 13.5 Å². The molecule has 0 fully saturated rings. The van der Waals surface area contributed by atoms with Gasteiger partial charge in [0.2, 0.25) is 0 Å². The normalized spacial score (nSPS) is 11.2. The number of nitrogens with one attached hydrogen (secondary N) is 2. The van der Waals surface area contributed by atoms with Gasteiger partial charge >= 0.3 is 5.97 Å². The Balaban J connectivity index is 2.39. The average molecular weight is 302 g/mol. The summed E-state index contributed by atoms with van der Waals surface area (Å²) in [6.07, 6.45) is 1.28. The SMILES string of the molecule is O=C(O)c1ccc(Cl)c(NS(=O)(=O)c2ccn[nH]2)c1. The number of sulfonamides is 1. The lowest BCUT2D eigenvalue weighted by Crippen LogP contribution is -2.14. The van der Waals surface area contributed by atoms with Crippen molar-refractivity contribution in [3.05, 3.63) is 41.0 Å². The van der Waals surface area contributed by atoms with Crippen LogP contribution in [0.2, 0.25) is 5.02 Å². The van der Waals surface area contributed by atoms with Crippen LogP contribution in [0.3, 0.4) is 0 Å². The standard InChI is InChI=1S/C10H8ClN3O4S/c11-7-2-1-6(10(15)16)5-8(7)14-19(17,18)9-3-4-12-13-9/h1-5,14H,(H,12,13)(H,15,16). The summed E-state index contributed by atoms with van der Waals surface area (Å²) in [7, 11) is -3.88. The van der Waals surface area contributed by atoms with E-state index in [2.05, 4.69) is 14.9 Å². The van der Waals surface area contributed by atoms with E-state index < -0.39 is 16.0 Å². The summed E-state index contributed by atoms with van der Waals surface area (Å²) in [5.41, 5.74) is -0.0946. The highest BCUT2D eigenvalue weighted by Gasteiger charge is 2.18. The Morgan fingerprint density at radius 3 is 2.68 bits per heavy atom. The lowest BCUT2D eigenvalue weighted by molar-refractivity contribution is 0.0697. The molecular weight excluding hydrogens is 294 g/mol. The molecule has 9 heteroatoms. The van der Waals surface area contributed by atoms with Crippen LogP contribution in [0.4, 0.5) is 5.69 Å². The number of aromatic amines is 1. The van der Waals surface area contributed by atoms with Crippen LogP contribution < -0.4 is 4.72 Å². The van der Waals surface area contributed by atoms with Crippen LogP contribution in [0.1, 0.15) is 10.4 Å². The van der Waals surface area contributed by atoms with Gasteiger partial charge in [-0.05, 0) is 24.3 Å². The first-order chi connectivity index (χ1) is 8.90. The van der Waals surface area contributed by atoms with Gasteiger partial charge in [0.1, 0.15) is 0 Å². The molecule has 2 aromatic rings. The van der Waals surface area contributed by atoms with E-state index in [0.29, 0.717) is 0 Å². The fraction of sp³-hybridized carbons (Fsp3) is 0. The van der Waals surface area contributed by atoms with E-state index in [0.717, 1.165) is 6.07 Å². The van der Waals surface area contributed by atoms with E-state index in [-0.39, 0.29) is 21.3 Å². The Morgan fingerprint density at radius 1 is 1.37 bits per heavy atom. The minimum atomic E-state index is -3.88. The maximum atomic E-state index is 11.9. The van der Waals surface area contributed by atoms with Crippen molar-refractivity contribution in [1.82, 2.24) is 10.2 Å². The minimum Gasteiger partial charge on any atom is -0.478 e. The second kappa shape index (κ2) is 4.90. The molecule has 0 radical (unpaired) electrons. The summed E-state index contributed by atoms with van der Waals surface area (Å²) in [5, 5.41) is 14.6. The van der Waals surface area contributed by atoms with Crippen molar-refractivity contribution in [3.63, 3.8) is 0 Å². The second-order valence-corrected chi connectivity index (χ2v) is 5.58. The van der Waals surface area contributed by atoms with Gasteiger partial charge in [-0.1, -0.05) is 11.6 Å². The molecule has 19 heavy (non-hydrogen) atoms. The number of aromatic nitrogens is 2. The molecule has 0 spiro atoms. The quantitative estimate of drug-likeness (QED) is 0.793. The largest absolute Gasteiger partial charge is 0.478 e. The first kappa shape index (κ1) is 13.4. The molecule has 2 rings (SSSR count). The number of anilines is 1. The van der Waals surface area contributed by atoms with Crippen molar-refractivity contribution in [2.45, 2.75) is 5.03 Å². The van der Waals surface area contributed by atoms with Crippen molar-refractivity contribution >= 4 is 33.3 Å². The Labute approximate surface area is 113 Å². The molecule has 0 unspecified atom stereocenters. The molecule has 0 saturated heterocycles. The zero-order chi connectivity index (χ0) is 14.0. The molecule has 100 valence electrons. The zero-order valence-electron chi connectivity index (χ0n) is 9.29. The van der Waals surface area contributed by atoms with E-state index in [1.54, 1.807) is 0 Å². The summed E-state index contributed by atoms with van der Waals surface area (Å²) in [6, 6.07) is 4.98. The number of carbonyl (C=O) groups is 1. The van der Waals surface area contributed by atoms with Gasteiger partial charge in [0.05, 0.1) is 22.5 Å². The van der Waals surface area contributed by atoms with Crippen molar-refractivity contribution in [2.75, 3.05) is 4.72 Å². The van der Waals surface area contributed by atoms with Crippen molar-refractivity contribution in [3.8, 4) is 0 Å². The second-order valence-electron chi connectivity index (χ2n) is 3.53. The molecule has 3 N–H and O–H groups in total. The predicted octanol–water partition coefficient (Wildman–Crippen LogP) is 1.56. The lowest BCUT2D eigenvalue weighted by Gasteiger charge is -2.08. The first-order valence-corrected chi connectivity index (χ1v) is 6.81. The molecule has 7 nitrogen and oxygen atoms in total. The highest BCUT2D eigenvalue weighted by atomic mass is 35.5. The van der Waals surface area contributed by atoms with Gasteiger partial charge in [0, 0.05) is 0 Å². The molecular formula is C10H8ClN3O4S. The summed E-state index contributed by atoms with van der Waals surface area (Å²) in [6.45, 7) is 0. The molecule has 1 heterocycles. The Morgan fingerprint density at radius 2 is 2.11 bits per heavy atom. The van der Waals surface area contributed by atoms with Gasteiger partial charge < -0.3 is 5.11 Å². The Hall–Kier alpha value is -2.06. The Bertz CT molecular complexity index is 712. The number of aromatic carboxylic acids is 1. The molecule has 0 saturated carbocycles. The topological polar surface area (TPSA) is 112 Å². The van der Waals surface area contributed by atoms with Gasteiger partial charge in [-0.25, -0.2) is 4.79 Å². The van der Waals surface area contributed by atoms with E-state index in [4.69, 9.17) is 16.7 Å². The number of halogens is 1. The predicted molar refractivity (Wildman–Crippen MR) is 67.8 cm³/mol. The third-order valence-electron chi connectivity index (χ3n) is 2.22. The number of benzene rings is 1. The number of rotatable bonds is 4. The third-order valence-corrected chi connectivity index (χ3v) is 3.85. The van der Waals surface area contributed by atoms with E-state index in [1.807, 2.05) is 0 Å². The lowest BCUT2D eigenvalue weighted by atomic mass is 10.2. The van der Waals surface area contributed by atoms with Crippen molar-refractivity contribution < 1.29 is 18.3 Å². The molecule has 1 aromatic carbocycles. The fourth-order valence-corrected chi connectivity index (χ4v) is 2.53. The summed E-state index contributed by atoms with van der Waals surface area (Å²) in [4.78, 5) is 10.8. The van der Waals surface area contributed by atoms with E-state index in [9.17, 15) is 13.2 Å². The summed E-state index contributed by atoms with van der Waals surface area (Å²) in [5.74, 6) is -1.18. The fourth-order valence-electron chi connectivity index (χ4n) is 1.33. The van der Waals surface area contributed by atoms with Gasteiger partial charge in [-0.3, -0.25) is 9.82 Å². The average Bonchev–Trinajstić information content (AvgIpc) is 2.85. The number of hydrogen-bond donors (Lipinski definition) is 3. The van der Waals surface area contributed by atoms with Crippen LogP contribution in [-0.4, -0.2) is 29.7 Å². The Kier molecular flexibility index (Phi) is 3.45. The summed E-state index contributed by atoms with van der Waals surface area (Å²) < 4.78 is 26.0. The highest BCUT2D eigenvalue weighted by molar-refractivity contribution is 7.92. The van der Waals surface area contributed by atoms with Gasteiger partial charge in [0.25, 0.3) is 10.0 Å². The minimum absolute atomic E-state index is 0.0174. The third kappa shape index (κ3) is 2.85. The van der Waals surface area contributed by atoms with Gasteiger partial charge in [0.15, 0.2) is 5.03 Å². The van der Waals surface area contributed by atoms with Crippen LogP contribution in [0.5, 0.6) is 0 Å². The number of H-pyrrole nitrogens is 1. The van der Waals surface area contributed by atoms with Crippen molar-refractivity contribution in [1.29, 1.82) is 0 Å². The first-order valence-electron chi connectivity index (χ1n) is 4.95. The molecule has 0 amide bonds. The molecule has 0 bridgehead atoms. The maximum Gasteiger partial charge on any atom is 0.335 e. The van der Waals surface area contributed by atoms with Crippen LogP contribution >= 0.6 is 11.6 Å². The maximum absolute atomic E-state index is 11.9. The molecule has 0 aliphatic carbocycles. The number of nitrogens with zero attached hydrogens (tertiary/aromatic N) is 1. The number of hydrogen-bond acceptors (Lipinski definition) is 4. The number of carboxylic acid groups (broad SMARTS) is 1. The monoisotopic (exact) mass is 301 g/mol. The summed E-state index contributed by atoms with van der Waals surface area (Å²) >= 11 is 5.82. The smallest absolute Gasteiger partial charge is 0.335 e. The van der Waals surface area contributed by atoms with E-state index in [1.165, 1.54) is 24.4 Å².